The van der Waals surface area contributed by atoms with Crippen molar-refractivity contribution < 1.29 is 24.2 Å². The van der Waals surface area contributed by atoms with Crippen LogP contribution in [0.3, 0.4) is 0 Å². The van der Waals surface area contributed by atoms with Crippen molar-refractivity contribution in [3.05, 3.63) is 23.8 Å². The van der Waals surface area contributed by atoms with Gasteiger partial charge in [0.15, 0.2) is 11.5 Å². The lowest BCUT2D eigenvalue weighted by Gasteiger charge is -2.26. The minimum Gasteiger partial charge on any atom is -0.454 e. The first-order valence-corrected chi connectivity index (χ1v) is 8.66. The Morgan fingerprint density at radius 3 is 2.52 bits per heavy atom. The molecule has 1 atom stereocenters. The molecule has 25 heavy (non-hydrogen) atoms. The molecule has 1 heterocycles. The van der Waals surface area contributed by atoms with E-state index in [0.717, 1.165) is 18.4 Å². The van der Waals surface area contributed by atoms with Gasteiger partial charge < -0.3 is 24.8 Å². The molecule has 0 bridgehead atoms. The van der Waals surface area contributed by atoms with Crippen molar-refractivity contribution in [2.75, 3.05) is 26.5 Å². The summed E-state index contributed by atoms with van der Waals surface area (Å²) >= 11 is 0. The molecule has 0 saturated heterocycles. The van der Waals surface area contributed by atoms with Gasteiger partial charge in [-0.15, -0.1) is 0 Å². The molecule has 1 aliphatic heterocycles. The van der Waals surface area contributed by atoms with Crippen LogP contribution in [0, 0.1) is 0 Å². The van der Waals surface area contributed by atoms with Gasteiger partial charge in [-0.1, -0.05) is 19.9 Å². The summed E-state index contributed by atoms with van der Waals surface area (Å²) in [5.74, 6) is 0.698. The first-order chi connectivity index (χ1) is 12.1. The van der Waals surface area contributed by atoms with Crippen LogP contribution in [0.2, 0.25) is 0 Å². The number of hydrogen-bond acceptors (Lipinski definition) is 5. The molecule has 7 heteroatoms. The normalized spacial score (nSPS) is 13.4. The van der Waals surface area contributed by atoms with Crippen LogP contribution in [-0.4, -0.2) is 54.4 Å². The summed E-state index contributed by atoms with van der Waals surface area (Å²) < 4.78 is 10.5. The Morgan fingerprint density at radius 2 is 1.88 bits per heavy atom. The molecule has 1 aromatic rings. The van der Waals surface area contributed by atoms with E-state index in [4.69, 9.17) is 9.47 Å². The molecule has 0 radical (unpaired) electrons. The fourth-order valence-corrected chi connectivity index (χ4v) is 2.76. The van der Waals surface area contributed by atoms with Crippen LogP contribution >= 0.6 is 0 Å². The molecular weight excluding hydrogens is 324 g/mol. The first kappa shape index (κ1) is 19.1. The van der Waals surface area contributed by atoms with E-state index in [1.54, 1.807) is 23.1 Å². The maximum atomic E-state index is 12.5. The fourth-order valence-electron chi connectivity index (χ4n) is 2.76. The molecule has 0 saturated carbocycles. The highest BCUT2D eigenvalue weighted by molar-refractivity contribution is 5.88. The lowest BCUT2D eigenvalue weighted by Crippen LogP contribution is -2.51. The Bertz CT molecular complexity index is 599. The van der Waals surface area contributed by atoms with Gasteiger partial charge in [-0.2, -0.15) is 0 Å². The Kier molecular flexibility index (Phi) is 7.06. The fraction of sp³-hybridized carbons (Fsp3) is 0.556. The van der Waals surface area contributed by atoms with E-state index in [2.05, 4.69) is 5.32 Å². The molecule has 0 aromatic heterocycles. The monoisotopic (exact) mass is 350 g/mol. The van der Waals surface area contributed by atoms with E-state index in [1.807, 2.05) is 13.8 Å². The van der Waals surface area contributed by atoms with Crippen molar-refractivity contribution in [2.45, 2.75) is 39.2 Å². The predicted octanol–water partition coefficient (Wildman–Crippen LogP) is 1.08. The summed E-state index contributed by atoms with van der Waals surface area (Å²) in [6.07, 6.45) is 1.76. The number of carbonyl (C=O) groups excluding carboxylic acids is 2. The van der Waals surface area contributed by atoms with Gasteiger partial charge in [-0.3, -0.25) is 9.59 Å². The third-order valence-corrected chi connectivity index (χ3v) is 3.92. The Hall–Kier alpha value is -2.28. The minimum atomic E-state index is -0.917. The zero-order chi connectivity index (χ0) is 18.2. The second-order valence-electron chi connectivity index (χ2n) is 5.99. The number of carbonyl (C=O) groups is 2. The summed E-state index contributed by atoms with van der Waals surface area (Å²) in [5, 5.41) is 12.2. The minimum absolute atomic E-state index is 0.0992. The van der Waals surface area contributed by atoms with Gasteiger partial charge in [-0.25, -0.2) is 0 Å². The summed E-state index contributed by atoms with van der Waals surface area (Å²) in [6, 6.07) is 4.37. The maximum Gasteiger partial charge on any atom is 0.247 e. The van der Waals surface area contributed by atoms with Crippen molar-refractivity contribution in [3.63, 3.8) is 0 Å². The summed E-state index contributed by atoms with van der Waals surface area (Å²) in [6.45, 7) is 4.96. The number of benzene rings is 1. The van der Waals surface area contributed by atoms with Crippen molar-refractivity contribution >= 4 is 11.8 Å². The molecule has 1 aromatic carbocycles. The molecule has 0 spiro atoms. The summed E-state index contributed by atoms with van der Waals surface area (Å²) in [5.41, 5.74) is 0.755. The molecule has 0 fully saturated rings. The van der Waals surface area contributed by atoms with Crippen LogP contribution in [0.4, 0.5) is 0 Å². The van der Waals surface area contributed by atoms with Gasteiger partial charge in [-0.05, 0) is 30.5 Å². The van der Waals surface area contributed by atoms with Crippen molar-refractivity contribution in [1.82, 2.24) is 10.2 Å². The number of nitrogens with one attached hydrogen (secondary N) is 1. The smallest absolute Gasteiger partial charge is 0.247 e. The maximum absolute atomic E-state index is 12.5. The predicted molar refractivity (Wildman–Crippen MR) is 92.4 cm³/mol. The molecule has 2 rings (SSSR count). The first-order valence-electron chi connectivity index (χ1n) is 8.66. The standard InChI is InChI=1S/C18H26N2O5/c1-3-7-20(8-4-2)18(23)14(11-21)19-17(22)10-13-5-6-15-16(9-13)25-12-24-15/h5-6,9,14,21H,3-4,7-8,10-12H2,1-2H3,(H,19,22)/t14-/m0/s1. The lowest BCUT2D eigenvalue weighted by molar-refractivity contribution is -0.137. The van der Waals surface area contributed by atoms with Crippen LogP contribution in [-0.2, 0) is 16.0 Å². The topological polar surface area (TPSA) is 88.1 Å². The highest BCUT2D eigenvalue weighted by atomic mass is 16.7. The number of rotatable bonds is 9. The summed E-state index contributed by atoms with van der Waals surface area (Å²) in [7, 11) is 0. The molecule has 0 aliphatic carbocycles. The second-order valence-corrected chi connectivity index (χ2v) is 5.99. The van der Waals surface area contributed by atoms with E-state index in [0.29, 0.717) is 24.6 Å². The number of aliphatic hydroxyl groups excluding tert-OH is 1. The van der Waals surface area contributed by atoms with Gasteiger partial charge >= 0.3 is 0 Å². The zero-order valence-corrected chi connectivity index (χ0v) is 14.8. The van der Waals surface area contributed by atoms with Crippen molar-refractivity contribution in [2.24, 2.45) is 0 Å². The van der Waals surface area contributed by atoms with E-state index < -0.39 is 12.6 Å². The van der Waals surface area contributed by atoms with Crippen molar-refractivity contribution in [1.29, 1.82) is 0 Å². The quantitative estimate of drug-likeness (QED) is 0.696. The third kappa shape index (κ3) is 5.09. The highest BCUT2D eigenvalue weighted by Gasteiger charge is 2.25. The van der Waals surface area contributed by atoms with Gasteiger partial charge in [0.05, 0.1) is 13.0 Å². The van der Waals surface area contributed by atoms with Gasteiger partial charge in [0.1, 0.15) is 6.04 Å². The van der Waals surface area contributed by atoms with Crippen LogP contribution < -0.4 is 14.8 Å². The molecule has 138 valence electrons. The number of ether oxygens (including phenoxy) is 2. The molecule has 2 amide bonds. The van der Waals surface area contributed by atoms with Crippen LogP contribution in [0.25, 0.3) is 0 Å². The number of aliphatic hydroxyl groups is 1. The van der Waals surface area contributed by atoms with Gasteiger partial charge in [0, 0.05) is 13.1 Å². The average molecular weight is 350 g/mol. The molecular formula is C18H26N2O5. The Labute approximate surface area is 147 Å². The summed E-state index contributed by atoms with van der Waals surface area (Å²) in [4.78, 5) is 26.5. The molecule has 1 aliphatic rings. The zero-order valence-electron chi connectivity index (χ0n) is 14.8. The van der Waals surface area contributed by atoms with Gasteiger partial charge in [0.2, 0.25) is 18.6 Å². The third-order valence-electron chi connectivity index (χ3n) is 3.92. The average Bonchev–Trinajstić information content (AvgIpc) is 3.06. The van der Waals surface area contributed by atoms with E-state index in [-0.39, 0.29) is 25.0 Å². The highest BCUT2D eigenvalue weighted by Crippen LogP contribution is 2.32. The van der Waals surface area contributed by atoms with E-state index >= 15 is 0 Å². The van der Waals surface area contributed by atoms with Crippen LogP contribution in [0.5, 0.6) is 11.5 Å². The van der Waals surface area contributed by atoms with Crippen LogP contribution in [0.1, 0.15) is 32.3 Å². The number of nitrogens with zero attached hydrogens (tertiary/aromatic N) is 1. The second kappa shape index (κ2) is 9.27. The van der Waals surface area contributed by atoms with Crippen molar-refractivity contribution in [3.8, 4) is 11.5 Å². The van der Waals surface area contributed by atoms with E-state index in [1.165, 1.54) is 0 Å². The lowest BCUT2D eigenvalue weighted by atomic mass is 10.1. The number of amides is 2. The van der Waals surface area contributed by atoms with Crippen LogP contribution in [0.15, 0.2) is 18.2 Å². The molecule has 2 N–H and O–H groups in total. The number of hydrogen-bond donors (Lipinski definition) is 2. The Morgan fingerprint density at radius 1 is 1.20 bits per heavy atom. The molecule has 7 nitrogen and oxygen atoms in total. The Balaban J connectivity index is 1.95. The van der Waals surface area contributed by atoms with E-state index in [9.17, 15) is 14.7 Å². The SMILES string of the molecule is CCCN(CCC)C(=O)[C@H](CO)NC(=O)Cc1ccc2c(c1)OCO2. The largest absolute Gasteiger partial charge is 0.454 e. The van der Waals surface area contributed by atoms with Gasteiger partial charge in [0.25, 0.3) is 0 Å². The number of fused-ring (bicyclic) bond motifs is 1. The molecule has 0 unspecified atom stereocenters.